The van der Waals surface area contributed by atoms with Crippen molar-refractivity contribution in [2.75, 3.05) is 13.2 Å². The number of carbonyl (C=O) groups excluding carboxylic acids is 2. The molecule has 0 aliphatic rings. The standard InChI is InChI=1S/C23H24N2O3/c1-3-18(26)13-15-6-5-7-16(12-15)19-8-9-20(23(24)27)22-21(19)14-17(25-22)10-11-28-4-2/h3,5-9,12,14,25H,1,4,10-11,13H2,2H3,(H2,24,27). The molecule has 0 fully saturated rings. The number of benzene rings is 2. The number of ketones is 1. The van der Waals surface area contributed by atoms with Crippen LogP contribution in [0.25, 0.3) is 22.0 Å². The second-order valence-electron chi connectivity index (χ2n) is 6.60. The molecule has 0 saturated heterocycles. The highest BCUT2D eigenvalue weighted by molar-refractivity contribution is 6.09. The van der Waals surface area contributed by atoms with Gasteiger partial charge < -0.3 is 15.5 Å². The van der Waals surface area contributed by atoms with Crippen molar-refractivity contribution < 1.29 is 14.3 Å². The first kappa shape index (κ1) is 19.6. The third-order valence-electron chi connectivity index (χ3n) is 4.68. The summed E-state index contributed by atoms with van der Waals surface area (Å²) < 4.78 is 5.44. The highest BCUT2D eigenvalue weighted by Crippen LogP contribution is 2.32. The van der Waals surface area contributed by atoms with Crippen LogP contribution in [0.1, 0.15) is 28.5 Å². The van der Waals surface area contributed by atoms with E-state index in [1.54, 1.807) is 6.07 Å². The number of H-pyrrole nitrogens is 1. The van der Waals surface area contributed by atoms with Crippen LogP contribution in [0.4, 0.5) is 0 Å². The summed E-state index contributed by atoms with van der Waals surface area (Å²) in [5.41, 5.74) is 10.6. The average molecular weight is 376 g/mol. The van der Waals surface area contributed by atoms with Crippen molar-refractivity contribution in [1.29, 1.82) is 0 Å². The Morgan fingerprint density at radius 1 is 1.21 bits per heavy atom. The summed E-state index contributed by atoms with van der Waals surface area (Å²) in [6, 6.07) is 13.5. The lowest BCUT2D eigenvalue weighted by molar-refractivity contribution is -0.114. The third-order valence-corrected chi connectivity index (χ3v) is 4.68. The van der Waals surface area contributed by atoms with Crippen LogP contribution in [0, 0.1) is 0 Å². The van der Waals surface area contributed by atoms with Gasteiger partial charge in [0.2, 0.25) is 0 Å². The van der Waals surface area contributed by atoms with Gasteiger partial charge in [0.25, 0.3) is 5.91 Å². The number of hydrogen-bond donors (Lipinski definition) is 2. The monoisotopic (exact) mass is 376 g/mol. The minimum Gasteiger partial charge on any atom is -0.381 e. The topological polar surface area (TPSA) is 85.2 Å². The summed E-state index contributed by atoms with van der Waals surface area (Å²) in [7, 11) is 0. The first-order valence-corrected chi connectivity index (χ1v) is 9.30. The van der Waals surface area contributed by atoms with E-state index in [9.17, 15) is 9.59 Å². The van der Waals surface area contributed by atoms with E-state index in [0.717, 1.165) is 33.3 Å². The van der Waals surface area contributed by atoms with Crippen molar-refractivity contribution in [3.05, 3.63) is 71.9 Å². The second kappa shape index (κ2) is 8.67. The fourth-order valence-electron chi connectivity index (χ4n) is 3.32. The van der Waals surface area contributed by atoms with Gasteiger partial charge in [-0.3, -0.25) is 9.59 Å². The van der Waals surface area contributed by atoms with E-state index in [1.807, 2.05) is 43.3 Å². The van der Waals surface area contributed by atoms with Crippen molar-refractivity contribution in [3.63, 3.8) is 0 Å². The Hall–Kier alpha value is -3.18. The molecule has 0 atom stereocenters. The number of nitrogens with two attached hydrogens (primary N) is 1. The maximum atomic E-state index is 11.9. The molecular weight excluding hydrogens is 352 g/mol. The lowest BCUT2D eigenvalue weighted by Crippen LogP contribution is -2.11. The molecule has 3 N–H and O–H groups in total. The number of ether oxygens (including phenoxy) is 1. The average Bonchev–Trinajstić information content (AvgIpc) is 3.11. The number of nitrogens with one attached hydrogen (secondary N) is 1. The summed E-state index contributed by atoms with van der Waals surface area (Å²) in [5, 5.41) is 0.926. The van der Waals surface area contributed by atoms with Crippen molar-refractivity contribution in [2.45, 2.75) is 19.8 Å². The smallest absolute Gasteiger partial charge is 0.250 e. The van der Waals surface area contributed by atoms with E-state index in [0.29, 0.717) is 31.6 Å². The number of aromatic amines is 1. The molecule has 144 valence electrons. The number of allylic oxidation sites excluding steroid dienone is 1. The minimum absolute atomic E-state index is 0.0220. The molecule has 1 aromatic heterocycles. The van der Waals surface area contributed by atoms with Gasteiger partial charge in [-0.25, -0.2) is 0 Å². The predicted molar refractivity (Wildman–Crippen MR) is 111 cm³/mol. The molecule has 1 amide bonds. The molecule has 0 unspecified atom stereocenters. The van der Waals surface area contributed by atoms with Crippen LogP contribution in [-0.2, 0) is 22.4 Å². The molecule has 28 heavy (non-hydrogen) atoms. The maximum Gasteiger partial charge on any atom is 0.250 e. The van der Waals surface area contributed by atoms with Crippen molar-refractivity contribution >= 4 is 22.6 Å². The fourth-order valence-corrected chi connectivity index (χ4v) is 3.32. The number of fused-ring (bicyclic) bond motifs is 1. The van der Waals surface area contributed by atoms with E-state index < -0.39 is 5.91 Å². The SMILES string of the molecule is C=CC(=O)Cc1cccc(-c2ccc(C(N)=O)c3[nH]c(CCOCC)cc23)c1. The minimum atomic E-state index is -0.472. The van der Waals surface area contributed by atoms with E-state index in [4.69, 9.17) is 10.5 Å². The molecular formula is C23H24N2O3. The van der Waals surface area contributed by atoms with Crippen LogP contribution in [0.2, 0.25) is 0 Å². The van der Waals surface area contributed by atoms with Gasteiger partial charge >= 0.3 is 0 Å². The first-order chi connectivity index (χ1) is 13.5. The molecule has 5 nitrogen and oxygen atoms in total. The zero-order valence-corrected chi connectivity index (χ0v) is 16.0. The third kappa shape index (κ3) is 4.21. The molecule has 2 aromatic carbocycles. The molecule has 0 radical (unpaired) electrons. The highest BCUT2D eigenvalue weighted by atomic mass is 16.5. The van der Waals surface area contributed by atoms with Gasteiger partial charge in [-0.15, -0.1) is 0 Å². The Bertz CT molecular complexity index is 1030. The van der Waals surface area contributed by atoms with Crippen LogP contribution < -0.4 is 5.73 Å². The van der Waals surface area contributed by atoms with E-state index >= 15 is 0 Å². The largest absolute Gasteiger partial charge is 0.381 e. The number of rotatable bonds is 9. The molecule has 0 bridgehead atoms. The molecule has 0 spiro atoms. The Morgan fingerprint density at radius 2 is 2.04 bits per heavy atom. The van der Waals surface area contributed by atoms with Crippen LogP contribution in [0.5, 0.6) is 0 Å². The molecule has 0 saturated carbocycles. The van der Waals surface area contributed by atoms with Crippen molar-refractivity contribution in [2.24, 2.45) is 5.73 Å². The van der Waals surface area contributed by atoms with E-state index in [-0.39, 0.29) is 5.78 Å². The molecule has 0 aliphatic heterocycles. The van der Waals surface area contributed by atoms with Gasteiger partial charge in [-0.2, -0.15) is 0 Å². The Labute approximate surface area is 164 Å². The van der Waals surface area contributed by atoms with Crippen LogP contribution >= 0.6 is 0 Å². The van der Waals surface area contributed by atoms with Gasteiger partial charge in [0.1, 0.15) is 0 Å². The van der Waals surface area contributed by atoms with Gasteiger partial charge in [0.15, 0.2) is 5.78 Å². The lowest BCUT2D eigenvalue weighted by Gasteiger charge is -2.08. The van der Waals surface area contributed by atoms with Crippen LogP contribution in [0.3, 0.4) is 0 Å². The Balaban J connectivity index is 2.07. The Kier molecular flexibility index (Phi) is 6.06. The van der Waals surface area contributed by atoms with Gasteiger partial charge in [0.05, 0.1) is 17.7 Å². The predicted octanol–water partition coefficient (Wildman–Crippen LogP) is 3.81. The zero-order chi connectivity index (χ0) is 20.1. The number of carbonyl (C=O) groups is 2. The first-order valence-electron chi connectivity index (χ1n) is 9.30. The second-order valence-corrected chi connectivity index (χ2v) is 6.60. The van der Waals surface area contributed by atoms with E-state index in [1.165, 1.54) is 6.08 Å². The summed E-state index contributed by atoms with van der Waals surface area (Å²) in [6.45, 7) is 6.75. The van der Waals surface area contributed by atoms with Gasteiger partial charge in [-0.1, -0.05) is 36.9 Å². The summed E-state index contributed by atoms with van der Waals surface area (Å²) in [5.74, 6) is -0.494. The number of hydrogen-bond acceptors (Lipinski definition) is 3. The van der Waals surface area contributed by atoms with E-state index in [2.05, 4.69) is 11.6 Å². The van der Waals surface area contributed by atoms with Crippen LogP contribution in [0.15, 0.2) is 55.1 Å². The quantitative estimate of drug-likeness (QED) is 0.440. The molecule has 3 rings (SSSR count). The van der Waals surface area contributed by atoms with Gasteiger partial charge in [-0.05, 0) is 41.8 Å². The highest BCUT2D eigenvalue weighted by Gasteiger charge is 2.15. The summed E-state index contributed by atoms with van der Waals surface area (Å²) in [4.78, 5) is 26.9. The summed E-state index contributed by atoms with van der Waals surface area (Å²) >= 11 is 0. The van der Waals surface area contributed by atoms with Crippen molar-refractivity contribution in [3.8, 4) is 11.1 Å². The molecule has 5 heteroatoms. The van der Waals surface area contributed by atoms with Gasteiger partial charge in [0, 0.05) is 30.5 Å². The normalized spacial score (nSPS) is 10.9. The van der Waals surface area contributed by atoms with Crippen molar-refractivity contribution in [1.82, 2.24) is 4.98 Å². The summed E-state index contributed by atoms with van der Waals surface area (Å²) in [6.07, 6.45) is 2.37. The molecule has 0 aliphatic carbocycles. The molecule has 3 aromatic rings. The molecule has 1 heterocycles. The van der Waals surface area contributed by atoms with Crippen LogP contribution in [-0.4, -0.2) is 29.9 Å². The fraction of sp³-hybridized carbons (Fsp3) is 0.217. The zero-order valence-electron chi connectivity index (χ0n) is 16.0. The Morgan fingerprint density at radius 3 is 2.75 bits per heavy atom. The number of aromatic nitrogens is 1. The number of primary amides is 1. The number of amides is 1. The maximum absolute atomic E-state index is 11.9. The lowest BCUT2D eigenvalue weighted by atomic mass is 9.96.